The molecule has 1 heterocycles. The maximum absolute atomic E-state index is 13.1. The van der Waals surface area contributed by atoms with Gasteiger partial charge in [-0.2, -0.15) is 0 Å². The summed E-state index contributed by atoms with van der Waals surface area (Å²) in [6, 6.07) is 15.1. The van der Waals surface area contributed by atoms with E-state index >= 15 is 0 Å². The summed E-state index contributed by atoms with van der Waals surface area (Å²) in [7, 11) is 3.24. The first-order valence-electron chi connectivity index (χ1n) is 8.70. The maximum atomic E-state index is 13.1. The number of ketones is 1. The summed E-state index contributed by atoms with van der Waals surface area (Å²) < 4.78 is 10.7. The number of ether oxygens (including phenoxy) is 2. The molecule has 0 aliphatic carbocycles. The van der Waals surface area contributed by atoms with Gasteiger partial charge in [-0.05, 0) is 47.5 Å². The van der Waals surface area contributed by atoms with Gasteiger partial charge < -0.3 is 39.2 Å². The Balaban J connectivity index is 0.00000300. The van der Waals surface area contributed by atoms with Gasteiger partial charge in [-0.25, -0.2) is 0 Å². The van der Waals surface area contributed by atoms with Gasteiger partial charge in [-0.3, -0.25) is 4.79 Å². The molecule has 2 aromatic rings. The molecule has 0 spiro atoms. The molecule has 0 radical (unpaired) electrons. The van der Waals surface area contributed by atoms with E-state index in [1.54, 1.807) is 14.2 Å². The van der Waals surface area contributed by atoms with Crippen LogP contribution in [0.5, 0.6) is 11.5 Å². The smallest absolute Gasteiger partial charge is 0.497 e. The van der Waals surface area contributed by atoms with Crippen LogP contribution in [0.1, 0.15) is 11.1 Å². The van der Waals surface area contributed by atoms with Crippen molar-refractivity contribution in [3.63, 3.8) is 0 Å². The number of hydrogen-bond acceptors (Lipinski definition) is 5. The molecule has 1 fully saturated rings. The van der Waals surface area contributed by atoms with E-state index < -0.39 is 0 Å². The fourth-order valence-electron chi connectivity index (χ4n) is 2.97. The standard InChI is InChI=1S/C22H21NO3S2.Na/c1-25-19-7-3-15(4-8-19)11-17-13-23(22(27)28)14-18(21(17)24)12-16-5-9-20(26-2)10-6-16;/h3-12H,13-14H2,1-2H3,(H,27,28);/q;+1/p-1/b17-11+,18-12+;. The first kappa shape index (κ1) is 23.6. The fraction of sp³-hybridized carbons (Fsp3) is 0.182. The SMILES string of the molecule is COc1ccc(/C=C2\CN(C(=S)[S-])C/C(=C\c3ccc(OC)cc3)C2=O)cc1.[Na+]. The number of methoxy groups -OCH3 is 2. The van der Waals surface area contributed by atoms with Crippen LogP contribution < -0.4 is 39.0 Å². The molecule has 1 saturated heterocycles. The van der Waals surface area contributed by atoms with Crippen LogP contribution in [-0.2, 0) is 17.4 Å². The van der Waals surface area contributed by atoms with E-state index in [-0.39, 0.29) is 35.3 Å². The molecule has 0 aromatic heterocycles. The van der Waals surface area contributed by atoms with Gasteiger partial charge in [0.1, 0.15) is 11.5 Å². The van der Waals surface area contributed by atoms with Gasteiger partial charge in [0.15, 0.2) is 5.78 Å². The summed E-state index contributed by atoms with van der Waals surface area (Å²) in [6.07, 6.45) is 3.76. The number of carbonyl (C=O) groups excluding carboxylic acids is 1. The van der Waals surface area contributed by atoms with Crippen LogP contribution in [0.3, 0.4) is 0 Å². The minimum Gasteiger partial charge on any atom is -0.497 e. The quantitative estimate of drug-likeness (QED) is 0.309. The number of hydrogen-bond donors (Lipinski definition) is 0. The second kappa shape index (κ2) is 10.9. The Morgan fingerprint density at radius 3 is 1.59 bits per heavy atom. The van der Waals surface area contributed by atoms with Crippen LogP contribution in [0, 0.1) is 0 Å². The van der Waals surface area contributed by atoms with Crippen molar-refractivity contribution < 1.29 is 43.8 Å². The maximum Gasteiger partial charge on any atom is 1.00 e. The third kappa shape index (κ3) is 6.14. The summed E-state index contributed by atoms with van der Waals surface area (Å²) in [6.45, 7) is 0.820. The van der Waals surface area contributed by atoms with Gasteiger partial charge >= 0.3 is 29.6 Å². The van der Waals surface area contributed by atoms with Gasteiger partial charge in [0.2, 0.25) is 0 Å². The molecular weight excluding hydrogens is 413 g/mol. The molecule has 4 nitrogen and oxygen atoms in total. The molecule has 0 bridgehead atoms. The number of rotatable bonds is 4. The number of thiocarbonyl (C=S) groups is 1. The molecular formula is C22H20NNaO3S2. The second-order valence-corrected chi connectivity index (χ2v) is 7.37. The monoisotopic (exact) mass is 433 g/mol. The Hall–Kier alpha value is -1.70. The molecule has 2 aromatic carbocycles. The Kier molecular flexibility index (Phi) is 8.86. The van der Waals surface area contributed by atoms with E-state index in [0.717, 1.165) is 22.6 Å². The van der Waals surface area contributed by atoms with Crippen LogP contribution in [0.25, 0.3) is 12.2 Å². The van der Waals surface area contributed by atoms with Crippen molar-refractivity contribution in [3.05, 3.63) is 70.8 Å². The number of nitrogens with zero attached hydrogens (tertiary/aromatic N) is 1. The van der Waals surface area contributed by atoms with Gasteiger partial charge in [0.25, 0.3) is 0 Å². The predicted octanol–water partition coefficient (Wildman–Crippen LogP) is 0.891. The molecule has 29 heavy (non-hydrogen) atoms. The van der Waals surface area contributed by atoms with Crippen molar-refractivity contribution in [2.45, 2.75) is 0 Å². The average molecular weight is 434 g/mol. The van der Waals surface area contributed by atoms with E-state index in [4.69, 9.17) is 34.3 Å². The van der Waals surface area contributed by atoms with Crippen LogP contribution in [-0.4, -0.2) is 42.3 Å². The zero-order chi connectivity index (χ0) is 20.1. The first-order chi connectivity index (χ1) is 13.5. The molecule has 0 atom stereocenters. The molecule has 144 valence electrons. The van der Waals surface area contributed by atoms with Gasteiger partial charge in [0.05, 0.1) is 14.2 Å². The third-order valence-electron chi connectivity index (χ3n) is 4.48. The summed E-state index contributed by atoms with van der Waals surface area (Å²) in [5.74, 6) is 1.55. The number of carbonyl (C=O) groups is 1. The minimum atomic E-state index is 0. The zero-order valence-corrected chi connectivity index (χ0v) is 20.3. The van der Waals surface area contributed by atoms with E-state index in [1.165, 1.54) is 0 Å². The van der Waals surface area contributed by atoms with Crippen molar-refractivity contribution in [1.82, 2.24) is 4.90 Å². The van der Waals surface area contributed by atoms with E-state index in [0.29, 0.717) is 28.6 Å². The largest absolute Gasteiger partial charge is 1.00 e. The van der Waals surface area contributed by atoms with E-state index in [9.17, 15) is 4.79 Å². The van der Waals surface area contributed by atoms with Gasteiger partial charge in [-0.15, -0.1) is 0 Å². The summed E-state index contributed by atoms with van der Waals surface area (Å²) >= 11 is 10.4. The van der Waals surface area contributed by atoms with E-state index in [1.807, 2.05) is 65.6 Å². The average Bonchev–Trinajstić information content (AvgIpc) is 2.71. The molecule has 7 heteroatoms. The van der Waals surface area contributed by atoms with Gasteiger partial charge in [0, 0.05) is 24.2 Å². The predicted molar refractivity (Wildman–Crippen MR) is 118 cm³/mol. The Labute approximate surface area is 204 Å². The fourth-order valence-corrected chi connectivity index (χ4v) is 3.23. The van der Waals surface area contributed by atoms with Crippen LogP contribution >= 0.6 is 12.2 Å². The molecule has 0 saturated carbocycles. The summed E-state index contributed by atoms with van der Waals surface area (Å²) in [4.78, 5) is 14.9. The molecule has 0 unspecified atom stereocenters. The van der Waals surface area contributed by atoms with Crippen molar-refractivity contribution in [2.24, 2.45) is 0 Å². The van der Waals surface area contributed by atoms with Crippen molar-refractivity contribution in [1.29, 1.82) is 0 Å². The Bertz CT molecular complexity index is 868. The molecule has 0 amide bonds. The van der Waals surface area contributed by atoms with Gasteiger partial charge in [-0.1, -0.05) is 28.6 Å². The number of likely N-dealkylation sites (tertiary alicyclic amines) is 1. The van der Waals surface area contributed by atoms with E-state index in [2.05, 4.69) is 0 Å². The first-order valence-corrected chi connectivity index (χ1v) is 9.51. The summed E-state index contributed by atoms with van der Waals surface area (Å²) in [5, 5.41) is 0. The Morgan fingerprint density at radius 1 is 0.897 bits per heavy atom. The van der Waals surface area contributed by atoms with Crippen molar-refractivity contribution in [3.8, 4) is 11.5 Å². The minimum absolute atomic E-state index is 0. The number of benzene rings is 2. The second-order valence-electron chi connectivity index (χ2n) is 6.34. The van der Waals surface area contributed by atoms with Crippen LogP contribution in [0.15, 0.2) is 59.7 Å². The molecule has 3 rings (SSSR count). The molecule has 1 aliphatic heterocycles. The third-order valence-corrected chi connectivity index (χ3v) is 4.99. The van der Waals surface area contributed by atoms with Crippen molar-refractivity contribution in [2.75, 3.05) is 27.3 Å². The topological polar surface area (TPSA) is 38.8 Å². The number of Topliss-reactive ketones (excluding diaryl/α,β-unsaturated/α-hetero) is 1. The molecule has 1 aliphatic rings. The summed E-state index contributed by atoms with van der Waals surface area (Å²) in [5.41, 5.74) is 3.15. The molecule has 0 N–H and O–H groups in total. The van der Waals surface area contributed by atoms with Crippen LogP contribution in [0.4, 0.5) is 0 Å². The Morgan fingerprint density at radius 2 is 1.28 bits per heavy atom. The zero-order valence-electron chi connectivity index (χ0n) is 16.7. The van der Waals surface area contributed by atoms with Crippen LogP contribution in [0.2, 0.25) is 0 Å². The van der Waals surface area contributed by atoms with Crippen molar-refractivity contribution >= 4 is 47.1 Å². The number of piperidine rings is 1. The normalized spacial score (nSPS) is 16.5.